The van der Waals surface area contributed by atoms with E-state index in [0.717, 1.165) is 18.5 Å². The van der Waals surface area contributed by atoms with Gasteiger partial charge in [-0.1, -0.05) is 6.07 Å². The van der Waals surface area contributed by atoms with Gasteiger partial charge in [-0.2, -0.15) is 13.2 Å². The molecule has 0 saturated carbocycles. The smallest absolute Gasteiger partial charge is 0.388 e. The lowest BCUT2D eigenvalue weighted by molar-refractivity contribution is -0.141. The molecular weight excluding hydrogens is 421 g/mol. The summed E-state index contributed by atoms with van der Waals surface area (Å²) >= 11 is 0. The maximum Gasteiger partial charge on any atom is 0.433 e. The molecule has 1 saturated heterocycles. The molecule has 1 aliphatic rings. The van der Waals surface area contributed by atoms with Crippen LogP contribution in [0, 0.1) is 0 Å². The van der Waals surface area contributed by atoms with Gasteiger partial charge in [-0.05, 0) is 38.1 Å². The van der Waals surface area contributed by atoms with Crippen molar-refractivity contribution in [2.75, 3.05) is 35.7 Å². The van der Waals surface area contributed by atoms with Crippen molar-refractivity contribution in [2.24, 2.45) is 0 Å². The van der Waals surface area contributed by atoms with Gasteiger partial charge in [-0.25, -0.2) is 18.4 Å². The summed E-state index contributed by atoms with van der Waals surface area (Å²) in [7, 11) is -3.39. The van der Waals surface area contributed by atoms with Crippen LogP contribution in [-0.2, 0) is 16.0 Å². The maximum absolute atomic E-state index is 13.1. The second-order valence-corrected chi connectivity index (χ2v) is 9.83. The van der Waals surface area contributed by atoms with Gasteiger partial charge < -0.3 is 14.9 Å². The third kappa shape index (κ3) is 4.84. The number of anilines is 2. The molecule has 2 heterocycles. The van der Waals surface area contributed by atoms with E-state index in [2.05, 4.69) is 9.97 Å². The first-order valence-corrected chi connectivity index (χ1v) is 11.1. The maximum atomic E-state index is 13.1. The monoisotopic (exact) mass is 444 g/mol. The number of halogens is 3. The number of aliphatic hydroxyl groups is 1. The van der Waals surface area contributed by atoms with Crippen LogP contribution in [-0.4, -0.2) is 61.0 Å². The normalized spacial score (nSPS) is 18.6. The summed E-state index contributed by atoms with van der Waals surface area (Å²) in [6, 6.07) is 6.61. The lowest BCUT2D eigenvalue weighted by atomic mass is 9.94. The number of aromatic nitrogens is 2. The van der Waals surface area contributed by atoms with E-state index in [0.29, 0.717) is 12.2 Å². The van der Waals surface area contributed by atoms with E-state index in [1.54, 1.807) is 36.9 Å². The van der Waals surface area contributed by atoms with E-state index in [9.17, 15) is 26.7 Å². The zero-order chi connectivity index (χ0) is 22.3. The van der Waals surface area contributed by atoms with Gasteiger partial charge in [0.2, 0.25) is 5.95 Å². The van der Waals surface area contributed by atoms with Crippen LogP contribution in [0.2, 0.25) is 0 Å². The molecule has 164 valence electrons. The molecule has 1 atom stereocenters. The molecule has 0 aliphatic carbocycles. The Hall–Kier alpha value is -2.40. The Kier molecular flexibility index (Phi) is 5.72. The summed E-state index contributed by atoms with van der Waals surface area (Å²) in [5, 5.41) is 10.7. The quantitative estimate of drug-likeness (QED) is 0.775. The highest BCUT2D eigenvalue weighted by Crippen LogP contribution is 2.31. The largest absolute Gasteiger partial charge is 0.433 e. The predicted molar refractivity (Wildman–Crippen MR) is 106 cm³/mol. The molecule has 1 aliphatic heterocycles. The van der Waals surface area contributed by atoms with Crippen LogP contribution >= 0.6 is 0 Å². The molecule has 1 fully saturated rings. The van der Waals surface area contributed by atoms with Crippen molar-refractivity contribution < 1.29 is 26.7 Å². The Morgan fingerprint density at radius 3 is 2.47 bits per heavy atom. The molecule has 0 radical (unpaired) electrons. The fourth-order valence-electron chi connectivity index (χ4n) is 3.42. The minimum atomic E-state index is -4.60. The summed E-state index contributed by atoms with van der Waals surface area (Å²) in [5.74, 6) is -0.110. The third-order valence-electron chi connectivity index (χ3n) is 5.00. The minimum Gasteiger partial charge on any atom is -0.388 e. The zero-order valence-electron chi connectivity index (χ0n) is 16.8. The second-order valence-electron chi connectivity index (χ2n) is 7.82. The number of rotatable bonds is 4. The number of hydrogen-bond acceptors (Lipinski definition) is 7. The number of benzene rings is 1. The molecule has 0 bridgehead atoms. The van der Waals surface area contributed by atoms with E-state index in [4.69, 9.17) is 0 Å². The summed E-state index contributed by atoms with van der Waals surface area (Å²) in [6.07, 6.45) is -2.43. The van der Waals surface area contributed by atoms with Crippen LogP contribution in [0.5, 0.6) is 0 Å². The van der Waals surface area contributed by atoms with Crippen molar-refractivity contribution in [1.82, 2.24) is 9.97 Å². The average Bonchev–Trinajstić information content (AvgIpc) is 2.66. The lowest BCUT2D eigenvalue weighted by Crippen LogP contribution is -2.62. The number of alkyl halides is 3. The molecule has 1 N–H and O–H groups in total. The van der Waals surface area contributed by atoms with Crippen LogP contribution in [0.1, 0.15) is 19.5 Å². The molecule has 1 aromatic heterocycles. The van der Waals surface area contributed by atoms with Gasteiger partial charge in [0.25, 0.3) is 0 Å². The summed E-state index contributed by atoms with van der Waals surface area (Å²) in [5.41, 5.74) is -1.69. The second kappa shape index (κ2) is 7.69. The molecule has 0 amide bonds. The highest BCUT2D eigenvalue weighted by atomic mass is 32.2. The van der Waals surface area contributed by atoms with Crippen LogP contribution in [0.15, 0.2) is 41.4 Å². The topological polar surface area (TPSA) is 86.6 Å². The standard InChI is InChI=1S/C19H23F3N4O3S/c1-18(2,27)16-12-25(13-5-4-6-14(11-13)30(3,28)29)9-10-26(16)17-23-8-7-15(24-17)19(20,21)22/h4-8,11,16,27H,9-10,12H2,1-3H3. The van der Waals surface area contributed by atoms with Crippen molar-refractivity contribution in [2.45, 2.75) is 36.6 Å². The highest BCUT2D eigenvalue weighted by Gasteiger charge is 2.40. The number of hydrogen-bond donors (Lipinski definition) is 1. The number of sulfone groups is 1. The molecule has 30 heavy (non-hydrogen) atoms. The fourth-order valence-corrected chi connectivity index (χ4v) is 4.08. The van der Waals surface area contributed by atoms with Crippen LogP contribution < -0.4 is 9.80 Å². The zero-order valence-corrected chi connectivity index (χ0v) is 17.6. The number of piperazine rings is 1. The van der Waals surface area contributed by atoms with Gasteiger partial charge in [0.1, 0.15) is 5.69 Å². The SMILES string of the molecule is CC(C)(O)C1CN(c2cccc(S(C)(=O)=O)c2)CCN1c1nccc(C(F)(F)F)n1. The van der Waals surface area contributed by atoms with Crippen LogP contribution in [0.4, 0.5) is 24.8 Å². The third-order valence-corrected chi connectivity index (χ3v) is 6.11. The van der Waals surface area contributed by atoms with E-state index in [-0.39, 0.29) is 23.9 Å². The van der Waals surface area contributed by atoms with Gasteiger partial charge >= 0.3 is 6.18 Å². The molecule has 1 aromatic carbocycles. The van der Waals surface area contributed by atoms with E-state index >= 15 is 0 Å². The first-order valence-electron chi connectivity index (χ1n) is 9.21. The Morgan fingerprint density at radius 1 is 1.17 bits per heavy atom. The molecule has 2 aromatic rings. The molecule has 7 nitrogen and oxygen atoms in total. The Bertz CT molecular complexity index is 1020. The van der Waals surface area contributed by atoms with Gasteiger partial charge in [-0.3, -0.25) is 0 Å². The molecular formula is C19H23F3N4O3S. The van der Waals surface area contributed by atoms with Crippen molar-refractivity contribution in [1.29, 1.82) is 0 Å². The van der Waals surface area contributed by atoms with E-state index in [1.807, 2.05) is 4.90 Å². The Morgan fingerprint density at radius 2 is 1.87 bits per heavy atom. The fraction of sp³-hybridized carbons (Fsp3) is 0.474. The van der Waals surface area contributed by atoms with Gasteiger partial charge in [-0.15, -0.1) is 0 Å². The Balaban J connectivity index is 1.93. The molecule has 0 spiro atoms. The van der Waals surface area contributed by atoms with Crippen molar-refractivity contribution in [3.63, 3.8) is 0 Å². The first-order chi connectivity index (χ1) is 13.8. The Labute approximate surface area is 173 Å². The van der Waals surface area contributed by atoms with Crippen molar-refractivity contribution >= 4 is 21.5 Å². The highest BCUT2D eigenvalue weighted by molar-refractivity contribution is 7.90. The van der Waals surface area contributed by atoms with Crippen molar-refractivity contribution in [3.05, 3.63) is 42.2 Å². The summed E-state index contributed by atoms with van der Waals surface area (Å²) in [4.78, 5) is 11.3. The lowest BCUT2D eigenvalue weighted by Gasteiger charge is -2.47. The van der Waals surface area contributed by atoms with E-state index in [1.165, 1.54) is 6.07 Å². The first kappa shape index (κ1) is 22.3. The van der Waals surface area contributed by atoms with Gasteiger partial charge in [0.05, 0.1) is 16.5 Å². The number of nitrogens with zero attached hydrogens (tertiary/aromatic N) is 4. The van der Waals surface area contributed by atoms with Crippen LogP contribution in [0.25, 0.3) is 0 Å². The average molecular weight is 444 g/mol. The van der Waals surface area contributed by atoms with Crippen molar-refractivity contribution in [3.8, 4) is 0 Å². The molecule has 1 unspecified atom stereocenters. The molecule has 11 heteroatoms. The van der Waals surface area contributed by atoms with Gasteiger partial charge in [0.15, 0.2) is 9.84 Å². The predicted octanol–water partition coefficient (Wildman–Crippen LogP) is 2.37. The molecule has 3 rings (SSSR count). The summed E-state index contributed by atoms with van der Waals surface area (Å²) < 4.78 is 62.9. The minimum absolute atomic E-state index is 0.110. The van der Waals surface area contributed by atoms with Crippen LogP contribution in [0.3, 0.4) is 0 Å². The van der Waals surface area contributed by atoms with Gasteiger partial charge in [0, 0.05) is 37.8 Å². The summed E-state index contributed by atoms with van der Waals surface area (Å²) in [6.45, 7) is 4.01. The van der Waals surface area contributed by atoms with E-state index < -0.39 is 33.4 Å².